The highest BCUT2D eigenvalue weighted by atomic mass is 32.1. The van der Waals surface area contributed by atoms with Crippen LogP contribution in [0.3, 0.4) is 0 Å². The summed E-state index contributed by atoms with van der Waals surface area (Å²) in [5, 5.41) is 5.12. The van der Waals surface area contributed by atoms with Gasteiger partial charge in [0.2, 0.25) is 11.8 Å². The summed E-state index contributed by atoms with van der Waals surface area (Å²) >= 11 is 1.59. The average molecular weight is 448 g/mol. The van der Waals surface area contributed by atoms with Crippen molar-refractivity contribution in [2.75, 3.05) is 23.9 Å². The Morgan fingerprint density at radius 1 is 1.09 bits per heavy atom. The van der Waals surface area contributed by atoms with E-state index in [1.54, 1.807) is 11.3 Å². The maximum Gasteiger partial charge on any atom is 0.227 e. The molecule has 6 heteroatoms. The second-order valence-corrected chi connectivity index (χ2v) is 9.46. The first-order valence-corrected chi connectivity index (χ1v) is 11.8. The zero-order valence-electron chi connectivity index (χ0n) is 18.7. The summed E-state index contributed by atoms with van der Waals surface area (Å²) in [7, 11) is 4.01. The zero-order valence-corrected chi connectivity index (χ0v) is 19.6. The van der Waals surface area contributed by atoms with E-state index in [4.69, 9.17) is 0 Å². The number of hydrogen-bond acceptors (Lipinski definition) is 4. The number of hydrogen-bond donors (Lipinski definition) is 1. The summed E-state index contributed by atoms with van der Waals surface area (Å²) in [5.41, 5.74) is 4.16. The molecule has 1 fully saturated rings. The summed E-state index contributed by atoms with van der Waals surface area (Å²) in [6.07, 6.45) is 0.917. The van der Waals surface area contributed by atoms with Gasteiger partial charge in [-0.25, -0.2) is 0 Å². The molecule has 166 valence electrons. The highest BCUT2D eigenvalue weighted by Gasteiger charge is 2.41. The van der Waals surface area contributed by atoms with Gasteiger partial charge in [-0.2, -0.15) is 0 Å². The first-order chi connectivity index (χ1) is 15.4. The molecule has 0 bridgehead atoms. The van der Waals surface area contributed by atoms with Crippen molar-refractivity contribution in [3.8, 4) is 0 Å². The van der Waals surface area contributed by atoms with Gasteiger partial charge in [-0.1, -0.05) is 35.9 Å². The SMILES string of the molecule is Cc1ccc(N2C(=O)CCC(C(=O)NCc3ccc(N(C)C)cc3)C2c2cccs2)cc1. The van der Waals surface area contributed by atoms with Crippen LogP contribution in [0.15, 0.2) is 66.0 Å². The Kier molecular flexibility index (Phi) is 6.61. The second-order valence-electron chi connectivity index (χ2n) is 8.48. The lowest BCUT2D eigenvalue weighted by Gasteiger charge is -2.40. The van der Waals surface area contributed by atoms with Gasteiger partial charge in [0.05, 0.1) is 12.0 Å². The van der Waals surface area contributed by atoms with Gasteiger partial charge < -0.3 is 15.1 Å². The van der Waals surface area contributed by atoms with Crippen molar-refractivity contribution in [2.24, 2.45) is 5.92 Å². The number of carbonyl (C=O) groups excluding carboxylic acids is 2. The van der Waals surface area contributed by atoms with Crippen LogP contribution in [0.1, 0.15) is 34.9 Å². The molecule has 4 rings (SSSR count). The molecule has 1 aromatic heterocycles. The van der Waals surface area contributed by atoms with Crippen molar-refractivity contribution < 1.29 is 9.59 Å². The summed E-state index contributed by atoms with van der Waals surface area (Å²) in [6.45, 7) is 2.50. The van der Waals surface area contributed by atoms with Gasteiger partial charge in [0, 0.05) is 43.3 Å². The van der Waals surface area contributed by atoms with E-state index in [0.29, 0.717) is 19.4 Å². The van der Waals surface area contributed by atoms with E-state index in [9.17, 15) is 9.59 Å². The predicted octanol–water partition coefficient (Wildman–Crippen LogP) is 4.92. The van der Waals surface area contributed by atoms with Crippen LogP contribution in [0.5, 0.6) is 0 Å². The third-order valence-electron chi connectivity index (χ3n) is 6.00. The molecular formula is C26H29N3O2S. The minimum atomic E-state index is -0.297. The predicted molar refractivity (Wildman–Crippen MR) is 131 cm³/mol. The Morgan fingerprint density at radius 3 is 2.44 bits per heavy atom. The molecule has 0 aliphatic carbocycles. The molecule has 2 aromatic carbocycles. The number of carbonyl (C=O) groups is 2. The third kappa shape index (κ3) is 4.70. The maximum absolute atomic E-state index is 13.3. The van der Waals surface area contributed by atoms with Crippen LogP contribution in [0, 0.1) is 12.8 Å². The molecule has 1 aliphatic rings. The van der Waals surface area contributed by atoms with E-state index in [1.165, 1.54) is 0 Å². The quantitative estimate of drug-likeness (QED) is 0.583. The van der Waals surface area contributed by atoms with Crippen LogP contribution in [0.4, 0.5) is 11.4 Å². The Hall–Kier alpha value is -3.12. The van der Waals surface area contributed by atoms with Crippen molar-refractivity contribution in [3.63, 3.8) is 0 Å². The summed E-state index contributed by atoms with van der Waals surface area (Å²) in [6, 6.07) is 19.8. The number of thiophene rings is 1. The molecule has 32 heavy (non-hydrogen) atoms. The van der Waals surface area contributed by atoms with E-state index in [1.807, 2.05) is 96.9 Å². The molecule has 3 aromatic rings. The fraction of sp³-hybridized carbons (Fsp3) is 0.308. The van der Waals surface area contributed by atoms with Crippen LogP contribution >= 0.6 is 11.3 Å². The molecule has 1 saturated heterocycles. The van der Waals surface area contributed by atoms with Gasteiger partial charge in [-0.05, 0) is 54.6 Å². The number of piperidine rings is 1. The van der Waals surface area contributed by atoms with Gasteiger partial charge in [-0.3, -0.25) is 9.59 Å². The molecule has 5 nitrogen and oxygen atoms in total. The third-order valence-corrected chi connectivity index (χ3v) is 6.94. The monoisotopic (exact) mass is 447 g/mol. The van der Waals surface area contributed by atoms with Gasteiger partial charge in [0.25, 0.3) is 0 Å². The number of nitrogens with zero attached hydrogens (tertiary/aromatic N) is 2. The summed E-state index contributed by atoms with van der Waals surface area (Å²) in [5.74, 6) is -0.242. The lowest BCUT2D eigenvalue weighted by Crippen LogP contribution is -2.48. The van der Waals surface area contributed by atoms with Crippen LogP contribution in [0.25, 0.3) is 0 Å². The number of amides is 2. The first kappa shape index (κ1) is 22.1. The largest absolute Gasteiger partial charge is 0.378 e. The molecule has 2 amide bonds. The van der Waals surface area contributed by atoms with Gasteiger partial charge in [0.15, 0.2) is 0 Å². The Morgan fingerprint density at radius 2 is 1.81 bits per heavy atom. The number of anilines is 2. The molecule has 2 heterocycles. The molecule has 0 spiro atoms. The fourth-order valence-electron chi connectivity index (χ4n) is 4.19. The summed E-state index contributed by atoms with van der Waals surface area (Å²) in [4.78, 5) is 31.3. The number of benzene rings is 2. The number of rotatable bonds is 6. The summed E-state index contributed by atoms with van der Waals surface area (Å²) < 4.78 is 0. The minimum Gasteiger partial charge on any atom is -0.378 e. The van der Waals surface area contributed by atoms with Crippen molar-refractivity contribution >= 4 is 34.5 Å². The van der Waals surface area contributed by atoms with E-state index in [0.717, 1.165) is 27.4 Å². The van der Waals surface area contributed by atoms with E-state index >= 15 is 0 Å². The van der Waals surface area contributed by atoms with Gasteiger partial charge >= 0.3 is 0 Å². The molecule has 2 unspecified atom stereocenters. The van der Waals surface area contributed by atoms with Crippen LogP contribution in [0.2, 0.25) is 0 Å². The molecule has 0 saturated carbocycles. The van der Waals surface area contributed by atoms with Gasteiger partial charge in [-0.15, -0.1) is 11.3 Å². The highest BCUT2D eigenvalue weighted by Crippen LogP contribution is 2.41. The maximum atomic E-state index is 13.3. The van der Waals surface area contributed by atoms with Crippen molar-refractivity contribution in [2.45, 2.75) is 32.4 Å². The molecular weight excluding hydrogens is 418 g/mol. The topological polar surface area (TPSA) is 52.7 Å². The van der Waals surface area contributed by atoms with E-state index in [-0.39, 0.29) is 23.8 Å². The highest BCUT2D eigenvalue weighted by molar-refractivity contribution is 7.10. The average Bonchev–Trinajstić information content (AvgIpc) is 3.33. The van der Waals surface area contributed by atoms with Crippen LogP contribution in [-0.4, -0.2) is 25.9 Å². The normalized spacial score (nSPS) is 18.5. The lowest BCUT2D eigenvalue weighted by molar-refractivity contribution is -0.129. The van der Waals surface area contributed by atoms with Gasteiger partial charge in [0.1, 0.15) is 0 Å². The van der Waals surface area contributed by atoms with Crippen molar-refractivity contribution in [3.05, 3.63) is 82.0 Å². The standard InChI is InChI=1S/C26H29N3O2S/c1-18-6-10-21(11-7-18)29-24(30)15-14-22(25(29)23-5-4-16-32-23)26(31)27-17-19-8-12-20(13-9-19)28(2)3/h4-13,16,22,25H,14-15,17H2,1-3H3,(H,27,31). The lowest BCUT2D eigenvalue weighted by atomic mass is 9.86. The Labute approximate surface area is 193 Å². The van der Waals surface area contributed by atoms with E-state index in [2.05, 4.69) is 5.32 Å². The van der Waals surface area contributed by atoms with Crippen LogP contribution < -0.4 is 15.1 Å². The Bertz CT molecular complexity index is 1060. The smallest absolute Gasteiger partial charge is 0.227 e. The fourth-order valence-corrected chi connectivity index (χ4v) is 5.07. The number of nitrogens with one attached hydrogen (secondary N) is 1. The molecule has 2 atom stereocenters. The second kappa shape index (κ2) is 9.57. The molecule has 1 N–H and O–H groups in total. The molecule has 1 aliphatic heterocycles. The van der Waals surface area contributed by atoms with Crippen molar-refractivity contribution in [1.82, 2.24) is 5.32 Å². The van der Waals surface area contributed by atoms with Crippen molar-refractivity contribution in [1.29, 1.82) is 0 Å². The zero-order chi connectivity index (χ0) is 22.7. The first-order valence-electron chi connectivity index (χ1n) is 10.9. The minimum absolute atomic E-state index is 0.00954. The van der Waals surface area contributed by atoms with E-state index < -0.39 is 0 Å². The van der Waals surface area contributed by atoms with Crippen LogP contribution in [-0.2, 0) is 16.1 Å². The Balaban J connectivity index is 1.56. The number of aryl methyl sites for hydroxylation is 1. The molecule has 0 radical (unpaired) electrons.